The first-order chi connectivity index (χ1) is 11.7. The van der Waals surface area contributed by atoms with E-state index < -0.39 is 23.2 Å². The number of nitrogens with one attached hydrogen (secondary N) is 1. The van der Waals surface area contributed by atoms with E-state index in [1.165, 1.54) is 29.2 Å². The van der Waals surface area contributed by atoms with Gasteiger partial charge in [0.25, 0.3) is 5.91 Å². The Bertz CT molecular complexity index is 915. The number of benzene rings is 1. The zero-order valence-corrected chi connectivity index (χ0v) is 12.6. The van der Waals surface area contributed by atoms with E-state index in [9.17, 15) is 18.0 Å². The van der Waals surface area contributed by atoms with Crippen LogP contribution in [-0.2, 0) is 17.5 Å². The van der Waals surface area contributed by atoms with Crippen LogP contribution in [-0.4, -0.2) is 15.7 Å². The second-order valence-corrected chi connectivity index (χ2v) is 4.97. The lowest BCUT2D eigenvalue weighted by molar-refractivity contribution is -0.137. The number of hydrogen-bond donors (Lipinski definition) is 1. The maximum atomic E-state index is 12.9. The fraction of sp³-hybridized carbons (Fsp3) is 0.125. The highest BCUT2D eigenvalue weighted by atomic mass is 19.4. The zero-order chi connectivity index (χ0) is 18.6. The number of alkyl halides is 3. The molecule has 1 heterocycles. The number of nitriles is 2. The van der Waals surface area contributed by atoms with Gasteiger partial charge in [0.2, 0.25) is 0 Å². The lowest BCUT2D eigenvalue weighted by Gasteiger charge is -2.12. The van der Waals surface area contributed by atoms with E-state index in [4.69, 9.17) is 10.5 Å². The molecule has 1 aromatic heterocycles. The Morgan fingerprint density at radius 3 is 2.60 bits per heavy atom. The Balaban J connectivity index is 2.13. The van der Waals surface area contributed by atoms with Crippen LogP contribution in [0.3, 0.4) is 0 Å². The number of hydrogen-bond acceptors (Lipinski definition) is 4. The van der Waals surface area contributed by atoms with Crippen molar-refractivity contribution in [2.45, 2.75) is 12.7 Å². The second kappa shape index (κ2) is 6.89. The monoisotopic (exact) mass is 345 g/mol. The van der Waals surface area contributed by atoms with Gasteiger partial charge in [0.15, 0.2) is 0 Å². The Kier molecular flexibility index (Phi) is 4.89. The highest BCUT2D eigenvalue weighted by molar-refractivity contribution is 6.03. The lowest BCUT2D eigenvalue weighted by Crippen LogP contribution is -2.18. The average Bonchev–Trinajstić information content (AvgIpc) is 3.01. The Morgan fingerprint density at radius 1 is 1.32 bits per heavy atom. The number of carbonyl (C=O) groups excluding carboxylic acids is 1. The van der Waals surface area contributed by atoms with Gasteiger partial charge in [-0.15, -0.1) is 0 Å². The van der Waals surface area contributed by atoms with Crippen molar-refractivity contribution in [1.82, 2.24) is 9.78 Å². The molecule has 0 unspecified atom stereocenters. The minimum Gasteiger partial charge on any atom is -0.322 e. The lowest BCUT2D eigenvalue weighted by atomic mass is 10.1. The molecule has 1 N–H and O–H groups in total. The van der Waals surface area contributed by atoms with E-state index in [1.807, 2.05) is 6.07 Å². The van der Waals surface area contributed by atoms with Gasteiger partial charge in [0.1, 0.15) is 6.07 Å². The van der Waals surface area contributed by atoms with Gasteiger partial charge in [0.05, 0.1) is 35.5 Å². The summed E-state index contributed by atoms with van der Waals surface area (Å²) in [7, 11) is 0. The smallest absolute Gasteiger partial charge is 0.322 e. The molecular formula is C16H10F3N5O. The minimum atomic E-state index is -4.72. The van der Waals surface area contributed by atoms with Crippen LogP contribution < -0.4 is 5.32 Å². The molecule has 25 heavy (non-hydrogen) atoms. The molecule has 2 aromatic rings. The van der Waals surface area contributed by atoms with Crippen molar-refractivity contribution in [3.05, 3.63) is 59.4 Å². The van der Waals surface area contributed by atoms with Crippen LogP contribution in [0.25, 0.3) is 0 Å². The van der Waals surface area contributed by atoms with Gasteiger partial charge in [0, 0.05) is 17.5 Å². The van der Waals surface area contributed by atoms with Crippen molar-refractivity contribution in [2.75, 3.05) is 5.32 Å². The van der Waals surface area contributed by atoms with Crippen LogP contribution in [0.4, 0.5) is 18.9 Å². The summed E-state index contributed by atoms with van der Waals surface area (Å²) in [6, 6.07) is 6.19. The van der Waals surface area contributed by atoms with E-state index >= 15 is 0 Å². The van der Waals surface area contributed by atoms with E-state index in [0.29, 0.717) is 11.6 Å². The first-order valence-electron chi connectivity index (χ1n) is 6.77. The Morgan fingerprint density at radius 2 is 2.04 bits per heavy atom. The summed E-state index contributed by atoms with van der Waals surface area (Å²) in [6.45, 7) is 3.52. The number of amides is 1. The first kappa shape index (κ1) is 17.8. The van der Waals surface area contributed by atoms with Gasteiger partial charge in [-0.3, -0.25) is 9.48 Å². The molecular weight excluding hydrogens is 335 g/mol. The van der Waals surface area contributed by atoms with Crippen LogP contribution in [0.15, 0.2) is 42.7 Å². The number of carbonyl (C=O) groups is 1. The van der Waals surface area contributed by atoms with E-state index in [0.717, 1.165) is 6.07 Å². The second-order valence-electron chi connectivity index (χ2n) is 4.97. The predicted molar refractivity (Wildman–Crippen MR) is 80.9 cm³/mol. The topological polar surface area (TPSA) is 94.5 Å². The van der Waals surface area contributed by atoms with Crippen molar-refractivity contribution in [3.63, 3.8) is 0 Å². The van der Waals surface area contributed by atoms with Crippen LogP contribution in [0, 0.1) is 22.7 Å². The molecule has 6 nitrogen and oxygen atoms in total. The van der Waals surface area contributed by atoms with Crippen LogP contribution in [0.2, 0.25) is 0 Å². The summed E-state index contributed by atoms with van der Waals surface area (Å²) >= 11 is 0. The summed E-state index contributed by atoms with van der Waals surface area (Å²) in [5.41, 5.74) is -1.45. The molecule has 0 aliphatic carbocycles. The Hall–Kier alpha value is -3.59. The van der Waals surface area contributed by atoms with E-state index in [2.05, 4.69) is 17.0 Å². The van der Waals surface area contributed by atoms with Crippen LogP contribution in [0.1, 0.15) is 16.7 Å². The van der Waals surface area contributed by atoms with Gasteiger partial charge in [-0.05, 0) is 18.2 Å². The predicted octanol–water partition coefficient (Wildman–Crippen LogP) is 2.84. The molecule has 1 amide bonds. The van der Waals surface area contributed by atoms with Crippen LogP contribution >= 0.6 is 0 Å². The molecule has 0 radical (unpaired) electrons. The highest BCUT2D eigenvalue weighted by Gasteiger charge is 2.34. The third kappa shape index (κ3) is 4.24. The molecule has 0 aliphatic rings. The molecule has 0 bridgehead atoms. The standard InChI is InChI=1S/C16H10F3N5O/c1-10(8-24-9-11(5-20)7-22-24)15(25)23-13-3-2-12(6-21)14(4-13)16(17,18)19/h2-4,7,9H,1,8H2,(H,23,25). The number of halogens is 3. The third-order valence-electron chi connectivity index (χ3n) is 3.14. The summed E-state index contributed by atoms with van der Waals surface area (Å²) in [5.74, 6) is -0.702. The number of rotatable bonds is 4. The normalized spacial score (nSPS) is 10.6. The quantitative estimate of drug-likeness (QED) is 0.862. The Labute approximate surface area is 140 Å². The van der Waals surface area contributed by atoms with E-state index in [1.54, 1.807) is 0 Å². The average molecular weight is 345 g/mol. The largest absolute Gasteiger partial charge is 0.417 e. The summed E-state index contributed by atoms with van der Waals surface area (Å²) in [4.78, 5) is 12.0. The molecule has 0 fully saturated rings. The maximum Gasteiger partial charge on any atom is 0.417 e. The molecule has 0 atom stereocenters. The van der Waals surface area contributed by atoms with Crippen molar-refractivity contribution in [3.8, 4) is 12.1 Å². The first-order valence-corrected chi connectivity index (χ1v) is 6.77. The van der Waals surface area contributed by atoms with Gasteiger partial charge in [-0.2, -0.15) is 28.8 Å². The minimum absolute atomic E-state index is 0.0318. The molecule has 0 saturated heterocycles. The van der Waals surface area contributed by atoms with Gasteiger partial charge in [-0.25, -0.2) is 0 Å². The van der Waals surface area contributed by atoms with Crippen molar-refractivity contribution in [2.24, 2.45) is 0 Å². The highest BCUT2D eigenvalue weighted by Crippen LogP contribution is 2.33. The fourth-order valence-electron chi connectivity index (χ4n) is 1.95. The summed E-state index contributed by atoms with van der Waals surface area (Å²) < 4.78 is 40.1. The van der Waals surface area contributed by atoms with Gasteiger partial charge in [-0.1, -0.05) is 6.58 Å². The summed E-state index contributed by atoms with van der Waals surface area (Å²) in [5, 5.41) is 23.6. The summed E-state index contributed by atoms with van der Waals surface area (Å²) in [6.07, 6.45) is -2.01. The molecule has 9 heteroatoms. The zero-order valence-electron chi connectivity index (χ0n) is 12.6. The van der Waals surface area contributed by atoms with Gasteiger partial charge >= 0.3 is 6.18 Å². The molecule has 126 valence electrons. The van der Waals surface area contributed by atoms with Crippen molar-refractivity contribution < 1.29 is 18.0 Å². The van der Waals surface area contributed by atoms with Crippen molar-refractivity contribution in [1.29, 1.82) is 10.5 Å². The third-order valence-corrected chi connectivity index (χ3v) is 3.14. The maximum absolute atomic E-state index is 12.9. The molecule has 0 aliphatic heterocycles. The van der Waals surface area contributed by atoms with Gasteiger partial charge < -0.3 is 5.32 Å². The van der Waals surface area contributed by atoms with Crippen LogP contribution in [0.5, 0.6) is 0 Å². The number of anilines is 1. The molecule has 1 aromatic carbocycles. The fourth-order valence-corrected chi connectivity index (χ4v) is 1.95. The number of aromatic nitrogens is 2. The van der Waals surface area contributed by atoms with E-state index in [-0.39, 0.29) is 17.8 Å². The molecule has 0 spiro atoms. The molecule has 0 saturated carbocycles. The number of nitrogens with zero attached hydrogens (tertiary/aromatic N) is 4. The molecule has 2 rings (SSSR count). The SMILES string of the molecule is C=C(Cn1cc(C#N)cn1)C(=O)Nc1ccc(C#N)c(C(F)(F)F)c1. The van der Waals surface area contributed by atoms with Crippen molar-refractivity contribution >= 4 is 11.6 Å².